The quantitative estimate of drug-likeness (QED) is 0.852. The lowest BCUT2D eigenvalue weighted by Gasteiger charge is -2.21. The number of carbonyl (C=O) groups excluding carboxylic acids is 1. The van der Waals surface area contributed by atoms with Crippen molar-refractivity contribution in [2.75, 3.05) is 6.54 Å². The van der Waals surface area contributed by atoms with Gasteiger partial charge in [0.25, 0.3) is 0 Å². The van der Waals surface area contributed by atoms with Crippen LogP contribution >= 0.6 is 0 Å². The summed E-state index contributed by atoms with van der Waals surface area (Å²) in [4.78, 5) is 25.6. The topological polar surface area (TPSA) is 66.8 Å². The lowest BCUT2D eigenvalue weighted by atomic mass is 9.77. The molecule has 0 aliphatic carbocycles. The number of hydrogen-bond acceptors (Lipinski definition) is 3. The molecule has 114 valence electrons. The van der Waals surface area contributed by atoms with Gasteiger partial charge in [-0.2, -0.15) is 0 Å². The minimum Gasteiger partial charge on any atom is -0.481 e. The minimum absolute atomic E-state index is 0.123. The van der Waals surface area contributed by atoms with E-state index in [0.717, 1.165) is 0 Å². The molecule has 3 aliphatic rings. The zero-order valence-corrected chi connectivity index (χ0v) is 11.6. The van der Waals surface area contributed by atoms with E-state index in [1.165, 1.54) is 11.0 Å². The van der Waals surface area contributed by atoms with Gasteiger partial charge < -0.3 is 14.7 Å². The van der Waals surface area contributed by atoms with E-state index < -0.39 is 29.5 Å². The summed E-state index contributed by atoms with van der Waals surface area (Å²) < 4.78 is 19.6. The lowest BCUT2D eigenvalue weighted by Crippen LogP contribution is -2.39. The summed E-state index contributed by atoms with van der Waals surface area (Å²) in [6.07, 6.45) is 2.97. The summed E-state index contributed by atoms with van der Waals surface area (Å²) in [6, 6.07) is 6.26. The molecular formula is C16H14FNO4. The number of hydrogen-bond donors (Lipinski definition) is 1. The number of rotatable bonds is 3. The van der Waals surface area contributed by atoms with Gasteiger partial charge in [0.15, 0.2) is 0 Å². The zero-order valence-electron chi connectivity index (χ0n) is 11.6. The van der Waals surface area contributed by atoms with Gasteiger partial charge in [0.05, 0.1) is 18.6 Å². The molecule has 4 atom stereocenters. The predicted molar refractivity (Wildman–Crippen MR) is 73.2 cm³/mol. The molecule has 0 radical (unpaired) electrons. The van der Waals surface area contributed by atoms with Crippen molar-refractivity contribution in [3.8, 4) is 0 Å². The third kappa shape index (κ3) is 1.67. The smallest absolute Gasteiger partial charge is 0.310 e. The van der Waals surface area contributed by atoms with Gasteiger partial charge in [0.2, 0.25) is 5.91 Å². The third-order valence-corrected chi connectivity index (χ3v) is 4.78. The van der Waals surface area contributed by atoms with Gasteiger partial charge in [0, 0.05) is 12.1 Å². The number of amides is 1. The SMILES string of the molecule is O=C(O)[C@@H]1[C@H]2C(=O)N(Cc3ccccc3F)C[C@@]23C=C[C@H]1O3. The Balaban J connectivity index is 1.64. The molecule has 22 heavy (non-hydrogen) atoms. The van der Waals surface area contributed by atoms with Crippen LogP contribution in [0.25, 0.3) is 0 Å². The van der Waals surface area contributed by atoms with Crippen molar-refractivity contribution in [2.45, 2.75) is 18.2 Å². The first kappa shape index (κ1) is 13.5. The number of carbonyl (C=O) groups is 2. The van der Waals surface area contributed by atoms with Crippen LogP contribution < -0.4 is 0 Å². The molecule has 5 nitrogen and oxygen atoms in total. The monoisotopic (exact) mass is 303 g/mol. The van der Waals surface area contributed by atoms with Gasteiger partial charge in [-0.15, -0.1) is 0 Å². The van der Waals surface area contributed by atoms with Gasteiger partial charge in [-0.25, -0.2) is 4.39 Å². The van der Waals surface area contributed by atoms with Crippen molar-refractivity contribution in [2.24, 2.45) is 11.8 Å². The van der Waals surface area contributed by atoms with E-state index in [-0.39, 0.29) is 24.8 Å². The lowest BCUT2D eigenvalue weighted by molar-refractivity contribution is -0.148. The maximum Gasteiger partial charge on any atom is 0.310 e. The number of carboxylic acid groups (broad SMARTS) is 1. The van der Waals surface area contributed by atoms with Crippen molar-refractivity contribution in [3.63, 3.8) is 0 Å². The normalized spacial score (nSPS) is 35.2. The second-order valence-corrected chi connectivity index (χ2v) is 6.02. The van der Waals surface area contributed by atoms with Crippen molar-refractivity contribution in [3.05, 3.63) is 47.8 Å². The molecule has 1 amide bonds. The largest absolute Gasteiger partial charge is 0.481 e. The van der Waals surface area contributed by atoms with E-state index >= 15 is 0 Å². The van der Waals surface area contributed by atoms with E-state index in [1.807, 2.05) is 0 Å². The molecule has 3 heterocycles. The second kappa shape index (κ2) is 4.39. The molecule has 2 saturated heterocycles. The van der Waals surface area contributed by atoms with E-state index in [9.17, 15) is 19.1 Å². The number of halogens is 1. The Morgan fingerprint density at radius 1 is 1.45 bits per heavy atom. The highest BCUT2D eigenvalue weighted by molar-refractivity contribution is 5.90. The van der Waals surface area contributed by atoms with Gasteiger partial charge in [-0.1, -0.05) is 30.4 Å². The van der Waals surface area contributed by atoms with Crippen LogP contribution in [0.1, 0.15) is 5.56 Å². The van der Waals surface area contributed by atoms with Crippen molar-refractivity contribution in [1.29, 1.82) is 0 Å². The fraction of sp³-hybridized carbons (Fsp3) is 0.375. The van der Waals surface area contributed by atoms with Crippen LogP contribution in [0, 0.1) is 17.7 Å². The first-order chi connectivity index (χ1) is 10.5. The molecule has 0 unspecified atom stereocenters. The van der Waals surface area contributed by atoms with Gasteiger partial charge in [-0.3, -0.25) is 9.59 Å². The summed E-state index contributed by atoms with van der Waals surface area (Å²) in [5, 5.41) is 9.37. The molecule has 6 heteroatoms. The number of fused-ring (bicyclic) bond motifs is 1. The maximum absolute atomic E-state index is 13.8. The average Bonchev–Trinajstić information content (AvgIpc) is 3.10. The molecule has 1 spiro atoms. The fourth-order valence-corrected chi connectivity index (χ4v) is 3.83. The number of carboxylic acids is 1. The summed E-state index contributed by atoms with van der Waals surface area (Å²) >= 11 is 0. The van der Waals surface area contributed by atoms with Crippen molar-refractivity contribution < 1.29 is 23.8 Å². The van der Waals surface area contributed by atoms with Crippen molar-refractivity contribution >= 4 is 11.9 Å². The van der Waals surface area contributed by atoms with Gasteiger partial charge in [-0.05, 0) is 6.07 Å². The molecule has 4 rings (SSSR count). The Hall–Kier alpha value is -2.21. The first-order valence-electron chi connectivity index (χ1n) is 7.14. The Labute approximate surface area is 126 Å². The summed E-state index contributed by atoms with van der Waals surface area (Å²) in [6.45, 7) is 0.388. The molecule has 1 aromatic rings. The number of aliphatic carboxylic acids is 1. The number of benzene rings is 1. The maximum atomic E-state index is 13.8. The molecule has 2 bridgehead atoms. The Bertz CT molecular complexity index is 703. The molecule has 1 aromatic carbocycles. The fourth-order valence-electron chi connectivity index (χ4n) is 3.83. The van der Waals surface area contributed by atoms with E-state index in [1.54, 1.807) is 30.4 Å². The molecular weight excluding hydrogens is 289 g/mol. The standard InChI is InChI=1S/C16H14FNO4/c17-10-4-2-1-3-9(10)7-18-8-16-6-5-11(22-16)12(15(20)21)13(16)14(18)19/h1-6,11-13H,7-8H2,(H,20,21)/t11-,12+,13+,16+/m1/s1. The van der Waals surface area contributed by atoms with E-state index in [4.69, 9.17) is 4.74 Å². The second-order valence-electron chi connectivity index (χ2n) is 6.02. The molecule has 3 aliphatic heterocycles. The zero-order chi connectivity index (χ0) is 15.5. The third-order valence-electron chi connectivity index (χ3n) is 4.78. The summed E-state index contributed by atoms with van der Waals surface area (Å²) in [5.41, 5.74) is -0.451. The van der Waals surface area contributed by atoms with Crippen LogP contribution in [-0.4, -0.2) is 40.1 Å². The van der Waals surface area contributed by atoms with Crippen LogP contribution in [0.4, 0.5) is 4.39 Å². The number of ether oxygens (including phenoxy) is 1. The predicted octanol–water partition coefficient (Wildman–Crippen LogP) is 1.19. The summed E-state index contributed by atoms with van der Waals surface area (Å²) in [5.74, 6) is -3.25. The minimum atomic E-state index is -1.03. The van der Waals surface area contributed by atoms with Crippen LogP contribution in [0.15, 0.2) is 36.4 Å². The Morgan fingerprint density at radius 2 is 2.23 bits per heavy atom. The van der Waals surface area contributed by atoms with Gasteiger partial charge in [0.1, 0.15) is 17.3 Å². The number of nitrogens with zero attached hydrogens (tertiary/aromatic N) is 1. The first-order valence-corrected chi connectivity index (χ1v) is 7.14. The van der Waals surface area contributed by atoms with Crippen LogP contribution in [-0.2, 0) is 20.9 Å². The molecule has 0 aromatic heterocycles. The van der Waals surface area contributed by atoms with Gasteiger partial charge >= 0.3 is 5.97 Å². The molecule has 0 saturated carbocycles. The summed E-state index contributed by atoms with van der Waals surface area (Å²) in [7, 11) is 0. The molecule has 1 N–H and O–H groups in total. The highest BCUT2D eigenvalue weighted by Gasteiger charge is 2.66. The highest BCUT2D eigenvalue weighted by atomic mass is 19.1. The number of likely N-dealkylation sites (tertiary alicyclic amines) is 1. The Morgan fingerprint density at radius 3 is 2.95 bits per heavy atom. The van der Waals surface area contributed by atoms with Crippen LogP contribution in [0.5, 0.6) is 0 Å². The highest BCUT2D eigenvalue weighted by Crippen LogP contribution is 2.52. The van der Waals surface area contributed by atoms with Crippen LogP contribution in [0.2, 0.25) is 0 Å². The molecule has 2 fully saturated rings. The van der Waals surface area contributed by atoms with E-state index in [0.29, 0.717) is 5.56 Å². The van der Waals surface area contributed by atoms with E-state index in [2.05, 4.69) is 0 Å². The van der Waals surface area contributed by atoms with Crippen LogP contribution in [0.3, 0.4) is 0 Å². The Kier molecular flexibility index (Phi) is 2.69. The van der Waals surface area contributed by atoms with Crippen molar-refractivity contribution in [1.82, 2.24) is 4.90 Å². The average molecular weight is 303 g/mol.